The molecule has 5 rings (SSSR count). The third kappa shape index (κ3) is 4.23. The number of amides is 3. The van der Waals surface area contributed by atoms with Gasteiger partial charge in [0.25, 0.3) is 5.91 Å². The second kappa shape index (κ2) is 9.47. The zero-order valence-corrected chi connectivity index (χ0v) is 20.1. The summed E-state index contributed by atoms with van der Waals surface area (Å²) < 4.78 is 5.72. The van der Waals surface area contributed by atoms with E-state index in [-0.39, 0.29) is 24.0 Å². The summed E-state index contributed by atoms with van der Waals surface area (Å²) in [7, 11) is 0. The van der Waals surface area contributed by atoms with Gasteiger partial charge in [-0.25, -0.2) is 4.79 Å². The van der Waals surface area contributed by atoms with Crippen LogP contribution in [0.15, 0.2) is 42.6 Å². The maximum absolute atomic E-state index is 13.9. The number of carbonyl (C=O) groups is 2. The number of nitrogens with one attached hydrogen (secondary N) is 1. The number of imide groups is 1. The van der Waals surface area contributed by atoms with Crippen molar-refractivity contribution < 1.29 is 14.3 Å². The number of pyridine rings is 1. The molecule has 7 heteroatoms. The van der Waals surface area contributed by atoms with E-state index < -0.39 is 5.54 Å². The number of nitrogens with zero attached hydrogens (tertiary/aromatic N) is 3. The van der Waals surface area contributed by atoms with Crippen LogP contribution in [0.4, 0.5) is 4.79 Å². The molecule has 1 aromatic carbocycles. The van der Waals surface area contributed by atoms with E-state index >= 15 is 0 Å². The Bertz CT molecular complexity index is 1050. The van der Waals surface area contributed by atoms with Crippen molar-refractivity contribution >= 4 is 11.9 Å². The molecule has 7 nitrogen and oxygen atoms in total. The lowest BCUT2D eigenvalue weighted by molar-refractivity contribution is -0.135. The predicted molar refractivity (Wildman–Crippen MR) is 129 cm³/mol. The fourth-order valence-corrected chi connectivity index (χ4v) is 5.74. The molecular formula is C27H34N4O3. The second-order valence-corrected chi connectivity index (χ2v) is 9.98. The number of aryl methyl sites for hydroxylation is 2. The van der Waals surface area contributed by atoms with E-state index in [0.717, 1.165) is 45.3 Å². The summed E-state index contributed by atoms with van der Waals surface area (Å²) in [5, 5.41) is 3.11. The number of ether oxygens (including phenoxy) is 1. The summed E-state index contributed by atoms with van der Waals surface area (Å²) in [5.41, 5.74) is 3.46. The minimum Gasteiger partial charge on any atom is -0.376 e. The molecule has 0 spiro atoms. The second-order valence-electron chi connectivity index (χ2n) is 9.98. The van der Waals surface area contributed by atoms with Crippen molar-refractivity contribution in [3.63, 3.8) is 0 Å². The molecule has 3 aliphatic rings. The molecule has 0 aliphatic carbocycles. The van der Waals surface area contributed by atoms with Crippen molar-refractivity contribution in [3.05, 3.63) is 65.0 Å². The highest BCUT2D eigenvalue weighted by molar-refractivity contribution is 6.07. The number of hydrogen-bond donors (Lipinski definition) is 1. The van der Waals surface area contributed by atoms with Gasteiger partial charge in [-0.2, -0.15) is 0 Å². The first kappa shape index (κ1) is 23.0. The van der Waals surface area contributed by atoms with Crippen LogP contribution < -0.4 is 5.32 Å². The number of carbonyl (C=O) groups excluding carboxylic acids is 2. The molecule has 0 unspecified atom stereocenters. The first-order chi connectivity index (χ1) is 16.5. The molecule has 1 aromatic heterocycles. The molecule has 3 amide bonds. The van der Waals surface area contributed by atoms with Crippen LogP contribution in [-0.2, 0) is 21.6 Å². The van der Waals surface area contributed by atoms with Gasteiger partial charge < -0.3 is 10.1 Å². The lowest BCUT2D eigenvalue weighted by Crippen LogP contribution is -2.54. The van der Waals surface area contributed by atoms with Gasteiger partial charge in [0.15, 0.2) is 5.54 Å². The van der Waals surface area contributed by atoms with Gasteiger partial charge in [-0.05, 0) is 81.8 Å². The van der Waals surface area contributed by atoms with Crippen molar-refractivity contribution in [3.8, 4) is 0 Å². The van der Waals surface area contributed by atoms with E-state index in [4.69, 9.17) is 4.74 Å². The van der Waals surface area contributed by atoms with Crippen molar-refractivity contribution in [2.24, 2.45) is 5.92 Å². The van der Waals surface area contributed by atoms with E-state index in [9.17, 15) is 9.59 Å². The number of aromatic nitrogens is 1. The third-order valence-electron chi connectivity index (χ3n) is 7.71. The van der Waals surface area contributed by atoms with Crippen molar-refractivity contribution in [1.29, 1.82) is 0 Å². The maximum Gasteiger partial charge on any atom is 0.325 e. The maximum atomic E-state index is 13.9. The summed E-state index contributed by atoms with van der Waals surface area (Å²) in [6.07, 6.45) is 5.12. The Balaban J connectivity index is 1.36. The highest BCUT2D eigenvalue weighted by Crippen LogP contribution is 2.41. The van der Waals surface area contributed by atoms with Crippen molar-refractivity contribution in [2.45, 2.75) is 57.7 Å². The molecular weight excluding hydrogens is 428 g/mol. The van der Waals surface area contributed by atoms with Crippen molar-refractivity contribution in [2.75, 3.05) is 26.2 Å². The number of hydrogen-bond acceptors (Lipinski definition) is 5. The van der Waals surface area contributed by atoms with Crippen molar-refractivity contribution in [1.82, 2.24) is 20.1 Å². The van der Waals surface area contributed by atoms with Crippen LogP contribution >= 0.6 is 0 Å². The Morgan fingerprint density at radius 2 is 1.94 bits per heavy atom. The van der Waals surface area contributed by atoms with Crippen LogP contribution in [0.3, 0.4) is 0 Å². The number of likely N-dealkylation sites (tertiary alicyclic amines) is 1. The highest BCUT2D eigenvalue weighted by Gasteiger charge is 2.58. The predicted octanol–water partition coefficient (Wildman–Crippen LogP) is 3.54. The molecule has 3 aliphatic heterocycles. The Morgan fingerprint density at radius 3 is 2.65 bits per heavy atom. The quantitative estimate of drug-likeness (QED) is 0.665. The zero-order valence-electron chi connectivity index (χ0n) is 20.1. The molecule has 0 saturated carbocycles. The van der Waals surface area contributed by atoms with Gasteiger partial charge in [0.05, 0.1) is 18.3 Å². The molecule has 2 atom stereocenters. The average molecular weight is 463 g/mol. The highest BCUT2D eigenvalue weighted by atomic mass is 16.5. The number of rotatable bonds is 6. The summed E-state index contributed by atoms with van der Waals surface area (Å²) in [6, 6.07) is 11.9. The summed E-state index contributed by atoms with van der Waals surface area (Å²) in [5.74, 6) is -0.192. The van der Waals surface area contributed by atoms with Crippen LogP contribution in [-0.4, -0.2) is 59.1 Å². The first-order valence-corrected chi connectivity index (χ1v) is 12.4. The number of urea groups is 1. The summed E-state index contributed by atoms with van der Waals surface area (Å²) >= 11 is 0. The molecule has 0 bridgehead atoms. The minimum absolute atomic E-state index is 0.0109. The smallest absolute Gasteiger partial charge is 0.325 e. The Labute approximate surface area is 201 Å². The van der Waals surface area contributed by atoms with E-state index in [1.807, 2.05) is 18.2 Å². The van der Waals surface area contributed by atoms with E-state index in [2.05, 4.69) is 47.2 Å². The van der Waals surface area contributed by atoms with Gasteiger partial charge in [0.1, 0.15) is 0 Å². The first-order valence-electron chi connectivity index (χ1n) is 12.4. The fourth-order valence-electron chi connectivity index (χ4n) is 5.74. The van der Waals surface area contributed by atoms with Crippen LogP contribution in [0.1, 0.15) is 48.1 Å². The summed E-state index contributed by atoms with van der Waals surface area (Å²) in [4.78, 5) is 35.4. The normalized spacial score (nSPS) is 26.3. The molecule has 2 aromatic rings. The molecule has 34 heavy (non-hydrogen) atoms. The van der Waals surface area contributed by atoms with Crippen LogP contribution in [0, 0.1) is 19.8 Å². The Kier molecular flexibility index (Phi) is 6.40. The standard InChI is InChI=1S/C27H34N4O3/c1-19-8-9-20(2)21(16-19)17-30-13-10-22(11-14-30)27(24-7-3-4-12-28-24)25(32)31(26(33)29-27)18-23-6-5-15-34-23/h3-4,7-9,12,16,22-23H,5-6,10-11,13-15,17-18H2,1-2H3,(H,29,33)/t23-,27+/m1/s1. The van der Waals surface area contributed by atoms with Crippen LogP contribution in [0.2, 0.25) is 0 Å². The SMILES string of the molecule is Cc1ccc(C)c(CN2CCC([C@@]3(c4ccccn4)NC(=O)N(C[C@H]4CCCO4)C3=O)CC2)c1. The average Bonchev–Trinajstić information content (AvgIpc) is 3.45. The van der Waals surface area contributed by atoms with Gasteiger partial charge in [-0.15, -0.1) is 0 Å². The van der Waals surface area contributed by atoms with Gasteiger partial charge >= 0.3 is 6.03 Å². The van der Waals surface area contributed by atoms with E-state index in [1.54, 1.807) is 6.20 Å². The largest absolute Gasteiger partial charge is 0.376 e. The lowest BCUT2D eigenvalue weighted by atomic mass is 9.75. The molecule has 4 heterocycles. The minimum atomic E-state index is -1.11. The van der Waals surface area contributed by atoms with Gasteiger partial charge in [0, 0.05) is 19.3 Å². The molecule has 1 N–H and O–H groups in total. The summed E-state index contributed by atoms with van der Waals surface area (Å²) in [6.45, 7) is 7.95. The third-order valence-corrected chi connectivity index (χ3v) is 7.71. The fraction of sp³-hybridized carbons (Fsp3) is 0.519. The van der Waals surface area contributed by atoms with E-state index in [1.165, 1.54) is 21.6 Å². The molecule has 3 fully saturated rings. The Hall–Kier alpha value is -2.77. The van der Waals surface area contributed by atoms with Gasteiger partial charge in [-0.3, -0.25) is 19.6 Å². The van der Waals surface area contributed by atoms with Crippen LogP contribution in [0.25, 0.3) is 0 Å². The number of benzene rings is 1. The zero-order chi connectivity index (χ0) is 23.7. The monoisotopic (exact) mass is 462 g/mol. The van der Waals surface area contributed by atoms with Gasteiger partial charge in [-0.1, -0.05) is 29.8 Å². The Morgan fingerprint density at radius 1 is 1.12 bits per heavy atom. The van der Waals surface area contributed by atoms with Crippen LogP contribution in [0.5, 0.6) is 0 Å². The lowest BCUT2D eigenvalue weighted by Gasteiger charge is -2.40. The number of piperidine rings is 1. The molecule has 180 valence electrons. The van der Waals surface area contributed by atoms with Gasteiger partial charge in [0.2, 0.25) is 0 Å². The van der Waals surface area contributed by atoms with E-state index in [0.29, 0.717) is 18.8 Å². The molecule has 3 saturated heterocycles. The topological polar surface area (TPSA) is 74.8 Å². The molecule has 0 radical (unpaired) electrons.